The van der Waals surface area contributed by atoms with Crippen molar-refractivity contribution in [3.63, 3.8) is 0 Å². The Bertz CT molecular complexity index is 417. The molecule has 1 aliphatic heterocycles. The molecule has 78 valence electrons. The molecule has 0 radical (unpaired) electrons. The molecular formula is C11H10BrNO2. The summed E-state index contributed by atoms with van der Waals surface area (Å²) in [5.74, 6) is -0.632. The SMILES string of the molecule is O=C1CCN(Cc2ccccc2Br)C1=O. The van der Waals surface area contributed by atoms with Gasteiger partial charge in [0.25, 0.3) is 5.91 Å². The predicted octanol–water partition coefficient (Wildman–Crippen LogP) is 1.75. The van der Waals surface area contributed by atoms with E-state index in [1.165, 1.54) is 0 Å². The summed E-state index contributed by atoms with van der Waals surface area (Å²) in [6, 6.07) is 7.71. The van der Waals surface area contributed by atoms with Crippen LogP contribution in [0.25, 0.3) is 0 Å². The van der Waals surface area contributed by atoms with E-state index in [1.54, 1.807) is 4.90 Å². The minimum absolute atomic E-state index is 0.276. The lowest BCUT2D eigenvalue weighted by Crippen LogP contribution is -2.26. The molecule has 1 aromatic carbocycles. The molecule has 4 heteroatoms. The zero-order valence-electron chi connectivity index (χ0n) is 8.07. The lowest BCUT2D eigenvalue weighted by Gasteiger charge is -2.15. The Morgan fingerprint density at radius 2 is 2.00 bits per heavy atom. The first-order valence-electron chi connectivity index (χ1n) is 4.74. The van der Waals surface area contributed by atoms with Gasteiger partial charge in [-0.05, 0) is 11.6 Å². The molecule has 0 aromatic heterocycles. The average molecular weight is 268 g/mol. The molecule has 1 aromatic rings. The van der Waals surface area contributed by atoms with Gasteiger partial charge >= 0.3 is 0 Å². The smallest absolute Gasteiger partial charge is 0.290 e. The number of ketones is 1. The number of carbonyl (C=O) groups excluding carboxylic acids is 2. The molecule has 0 spiro atoms. The number of halogens is 1. The normalized spacial score (nSPS) is 16.2. The average Bonchev–Trinajstić information content (AvgIpc) is 2.53. The number of likely N-dealkylation sites (tertiary alicyclic amines) is 1. The van der Waals surface area contributed by atoms with E-state index < -0.39 is 0 Å². The fourth-order valence-electron chi connectivity index (χ4n) is 1.60. The second-order valence-corrected chi connectivity index (χ2v) is 4.35. The van der Waals surface area contributed by atoms with E-state index in [2.05, 4.69) is 15.9 Å². The number of amides is 1. The molecule has 0 unspecified atom stereocenters. The van der Waals surface area contributed by atoms with Crippen molar-refractivity contribution in [2.75, 3.05) is 6.54 Å². The van der Waals surface area contributed by atoms with E-state index in [9.17, 15) is 9.59 Å². The first-order chi connectivity index (χ1) is 7.18. The van der Waals surface area contributed by atoms with E-state index >= 15 is 0 Å². The summed E-state index contributed by atoms with van der Waals surface area (Å²) in [7, 11) is 0. The van der Waals surface area contributed by atoms with Gasteiger partial charge in [-0.2, -0.15) is 0 Å². The van der Waals surface area contributed by atoms with E-state index in [0.29, 0.717) is 19.5 Å². The third-order valence-corrected chi connectivity index (χ3v) is 3.23. The molecule has 0 bridgehead atoms. The standard InChI is InChI=1S/C11H10BrNO2/c12-9-4-2-1-3-8(9)7-13-6-5-10(14)11(13)15/h1-4H,5-7H2. The molecule has 1 saturated heterocycles. The van der Waals surface area contributed by atoms with Crippen molar-refractivity contribution < 1.29 is 9.59 Å². The van der Waals surface area contributed by atoms with Crippen LogP contribution in [-0.2, 0) is 16.1 Å². The molecule has 3 nitrogen and oxygen atoms in total. The van der Waals surface area contributed by atoms with Crippen molar-refractivity contribution in [1.82, 2.24) is 4.90 Å². The van der Waals surface area contributed by atoms with Gasteiger partial charge in [-0.3, -0.25) is 9.59 Å². The third kappa shape index (κ3) is 2.09. The number of benzene rings is 1. The summed E-state index contributed by atoms with van der Waals surface area (Å²) >= 11 is 3.42. The Balaban J connectivity index is 2.13. The highest BCUT2D eigenvalue weighted by molar-refractivity contribution is 9.10. The molecule has 0 atom stereocenters. The fourth-order valence-corrected chi connectivity index (χ4v) is 2.01. The van der Waals surface area contributed by atoms with Gasteiger partial charge in [-0.15, -0.1) is 0 Å². The van der Waals surface area contributed by atoms with E-state index in [-0.39, 0.29) is 11.7 Å². The molecule has 0 N–H and O–H groups in total. The second-order valence-electron chi connectivity index (χ2n) is 3.49. The van der Waals surface area contributed by atoms with Crippen LogP contribution in [0.2, 0.25) is 0 Å². The molecule has 0 aliphatic carbocycles. The van der Waals surface area contributed by atoms with Gasteiger partial charge in [0.05, 0.1) is 0 Å². The van der Waals surface area contributed by atoms with Gasteiger partial charge in [0, 0.05) is 24.0 Å². The summed E-state index contributed by atoms with van der Waals surface area (Å²) in [4.78, 5) is 24.0. The Labute approximate surface area is 96.2 Å². The molecule has 1 fully saturated rings. The van der Waals surface area contributed by atoms with E-state index in [1.807, 2.05) is 24.3 Å². The number of rotatable bonds is 2. The highest BCUT2D eigenvalue weighted by atomic mass is 79.9. The molecule has 1 aliphatic rings. The summed E-state index contributed by atoms with van der Waals surface area (Å²) in [5.41, 5.74) is 1.03. The van der Waals surface area contributed by atoms with Crippen LogP contribution >= 0.6 is 15.9 Å². The Hall–Kier alpha value is -1.16. The molecular weight excluding hydrogens is 258 g/mol. The van der Waals surface area contributed by atoms with Crippen LogP contribution in [0.5, 0.6) is 0 Å². The van der Waals surface area contributed by atoms with Crippen molar-refractivity contribution in [2.24, 2.45) is 0 Å². The highest BCUT2D eigenvalue weighted by Gasteiger charge is 2.29. The van der Waals surface area contributed by atoms with Gasteiger partial charge in [0.1, 0.15) is 0 Å². The summed E-state index contributed by atoms with van der Waals surface area (Å²) < 4.78 is 0.970. The lowest BCUT2D eigenvalue weighted by atomic mass is 10.2. The highest BCUT2D eigenvalue weighted by Crippen LogP contribution is 2.19. The quantitative estimate of drug-likeness (QED) is 0.766. The maximum atomic E-state index is 11.4. The lowest BCUT2D eigenvalue weighted by molar-refractivity contribution is -0.140. The summed E-state index contributed by atoms with van der Waals surface area (Å²) in [5, 5.41) is 0. The summed E-state index contributed by atoms with van der Waals surface area (Å²) in [6.07, 6.45) is 0.350. The molecule has 15 heavy (non-hydrogen) atoms. The van der Waals surface area contributed by atoms with E-state index in [0.717, 1.165) is 10.0 Å². The second kappa shape index (κ2) is 4.14. The van der Waals surface area contributed by atoms with Gasteiger partial charge < -0.3 is 4.90 Å². The topological polar surface area (TPSA) is 37.4 Å². The van der Waals surface area contributed by atoms with Crippen LogP contribution in [0.15, 0.2) is 28.7 Å². The number of hydrogen-bond acceptors (Lipinski definition) is 2. The number of Topliss-reactive ketones (excluding diaryl/α,β-unsaturated/α-hetero) is 1. The maximum Gasteiger partial charge on any atom is 0.290 e. The van der Waals surface area contributed by atoms with Crippen molar-refractivity contribution in [3.8, 4) is 0 Å². The van der Waals surface area contributed by atoms with Gasteiger partial charge in [-0.25, -0.2) is 0 Å². The predicted molar refractivity (Wildman–Crippen MR) is 59.2 cm³/mol. The largest absolute Gasteiger partial charge is 0.331 e. The number of hydrogen-bond donors (Lipinski definition) is 0. The van der Waals surface area contributed by atoms with Crippen LogP contribution < -0.4 is 0 Å². The zero-order chi connectivity index (χ0) is 10.8. The Morgan fingerprint density at radius 3 is 2.60 bits per heavy atom. The van der Waals surface area contributed by atoms with E-state index in [4.69, 9.17) is 0 Å². The van der Waals surface area contributed by atoms with Crippen LogP contribution in [-0.4, -0.2) is 23.1 Å². The van der Waals surface area contributed by atoms with Crippen LogP contribution in [0, 0.1) is 0 Å². The third-order valence-electron chi connectivity index (χ3n) is 2.45. The van der Waals surface area contributed by atoms with Gasteiger partial charge in [-0.1, -0.05) is 34.1 Å². The first-order valence-corrected chi connectivity index (χ1v) is 5.53. The first kappa shape index (κ1) is 10.4. The molecule has 0 saturated carbocycles. The van der Waals surface area contributed by atoms with Crippen LogP contribution in [0.3, 0.4) is 0 Å². The van der Waals surface area contributed by atoms with Crippen molar-refractivity contribution >= 4 is 27.6 Å². The van der Waals surface area contributed by atoms with Crippen molar-refractivity contribution in [3.05, 3.63) is 34.3 Å². The molecule has 1 heterocycles. The number of carbonyl (C=O) groups is 2. The Kier molecular flexibility index (Phi) is 2.86. The molecule has 2 rings (SSSR count). The minimum Gasteiger partial charge on any atom is -0.331 e. The maximum absolute atomic E-state index is 11.4. The minimum atomic E-state index is -0.356. The van der Waals surface area contributed by atoms with Gasteiger partial charge in [0.2, 0.25) is 5.78 Å². The van der Waals surface area contributed by atoms with Crippen molar-refractivity contribution in [2.45, 2.75) is 13.0 Å². The monoisotopic (exact) mass is 267 g/mol. The van der Waals surface area contributed by atoms with Crippen LogP contribution in [0.4, 0.5) is 0 Å². The zero-order valence-corrected chi connectivity index (χ0v) is 9.66. The molecule has 1 amide bonds. The number of nitrogens with zero attached hydrogens (tertiary/aromatic N) is 1. The van der Waals surface area contributed by atoms with Gasteiger partial charge in [0.15, 0.2) is 0 Å². The summed E-state index contributed by atoms with van der Waals surface area (Å²) in [6.45, 7) is 1.05. The van der Waals surface area contributed by atoms with Crippen LogP contribution in [0.1, 0.15) is 12.0 Å². The van der Waals surface area contributed by atoms with Crippen molar-refractivity contribution in [1.29, 1.82) is 0 Å². The fraction of sp³-hybridized carbons (Fsp3) is 0.273. The Morgan fingerprint density at radius 1 is 1.27 bits per heavy atom.